The van der Waals surface area contributed by atoms with Gasteiger partial charge in [0.15, 0.2) is 0 Å². The summed E-state index contributed by atoms with van der Waals surface area (Å²) in [6.45, 7) is 7.01. The van der Waals surface area contributed by atoms with E-state index in [9.17, 15) is 14.4 Å². The van der Waals surface area contributed by atoms with Crippen LogP contribution < -0.4 is 10.6 Å². The topological polar surface area (TPSA) is 81.8 Å². The maximum absolute atomic E-state index is 12.9. The van der Waals surface area contributed by atoms with E-state index >= 15 is 0 Å². The molecule has 0 saturated carbocycles. The van der Waals surface area contributed by atoms with Crippen LogP contribution in [-0.4, -0.2) is 59.4 Å². The summed E-state index contributed by atoms with van der Waals surface area (Å²) in [6.07, 6.45) is 1.18. The summed E-state index contributed by atoms with van der Waals surface area (Å²) < 4.78 is 0. The van der Waals surface area contributed by atoms with E-state index in [1.807, 2.05) is 30.3 Å². The standard InChI is InChI=1S/C20H28N4O3/c1-15(2)13-23-10-8-20(9-11-23)18(26)24(19(27)22-20)14-17(25)21-12-16-6-4-3-5-7-16/h3-7,15H,8-14H2,1-2H3,(H,21,25)(H,22,27). The van der Waals surface area contributed by atoms with Crippen molar-refractivity contribution in [2.45, 2.75) is 38.8 Å². The number of hydrogen-bond donors (Lipinski definition) is 2. The molecule has 2 heterocycles. The van der Waals surface area contributed by atoms with Gasteiger partial charge in [-0.2, -0.15) is 0 Å². The van der Waals surface area contributed by atoms with Gasteiger partial charge in [0.05, 0.1) is 0 Å². The van der Waals surface area contributed by atoms with Gasteiger partial charge in [0, 0.05) is 26.2 Å². The van der Waals surface area contributed by atoms with E-state index < -0.39 is 11.6 Å². The van der Waals surface area contributed by atoms with Crippen LogP contribution in [0.4, 0.5) is 4.79 Å². The quantitative estimate of drug-likeness (QED) is 0.739. The second kappa shape index (κ2) is 8.08. The lowest BCUT2D eigenvalue weighted by Gasteiger charge is -2.37. The molecule has 3 rings (SSSR count). The van der Waals surface area contributed by atoms with Crippen LogP contribution in [0.25, 0.3) is 0 Å². The monoisotopic (exact) mass is 372 g/mol. The van der Waals surface area contributed by atoms with Crippen molar-refractivity contribution in [3.8, 4) is 0 Å². The van der Waals surface area contributed by atoms with Crippen molar-refractivity contribution in [3.63, 3.8) is 0 Å². The molecular formula is C20H28N4O3. The van der Waals surface area contributed by atoms with Gasteiger partial charge in [-0.3, -0.25) is 14.5 Å². The van der Waals surface area contributed by atoms with Gasteiger partial charge in [-0.05, 0) is 24.3 Å². The van der Waals surface area contributed by atoms with Crippen molar-refractivity contribution in [2.75, 3.05) is 26.2 Å². The third-order valence-electron chi connectivity index (χ3n) is 5.21. The Labute approximate surface area is 160 Å². The van der Waals surface area contributed by atoms with Gasteiger partial charge >= 0.3 is 6.03 Å². The molecule has 7 heteroatoms. The molecule has 0 unspecified atom stereocenters. The molecule has 0 aromatic heterocycles. The number of imide groups is 1. The molecule has 0 atom stereocenters. The Balaban J connectivity index is 1.54. The molecule has 27 heavy (non-hydrogen) atoms. The van der Waals surface area contributed by atoms with E-state index in [1.54, 1.807) is 0 Å². The molecule has 2 saturated heterocycles. The molecule has 1 spiro atoms. The summed E-state index contributed by atoms with van der Waals surface area (Å²) in [5.74, 6) is -0.0408. The van der Waals surface area contributed by atoms with Crippen LogP contribution in [0.2, 0.25) is 0 Å². The summed E-state index contributed by atoms with van der Waals surface area (Å²) in [4.78, 5) is 40.8. The summed E-state index contributed by atoms with van der Waals surface area (Å²) in [5.41, 5.74) is 0.127. The minimum Gasteiger partial charge on any atom is -0.350 e. The van der Waals surface area contributed by atoms with Crippen LogP contribution >= 0.6 is 0 Å². The fraction of sp³-hybridized carbons (Fsp3) is 0.550. The molecule has 0 aliphatic carbocycles. The average Bonchev–Trinajstić information content (AvgIpc) is 2.87. The van der Waals surface area contributed by atoms with Crippen molar-refractivity contribution in [3.05, 3.63) is 35.9 Å². The number of hydrogen-bond acceptors (Lipinski definition) is 4. The fourth-order valence-corrected chi connectivity index (χ4v) is 3.79. The molecule has 4 amide bonds. The molecule has 2 aliphatic heterocycles. The molecule has 2 N–H and O–H groups in total. The Hall–Kier alpha value is -2.41. The Kier molecular flexibility index (Phi) is 5.79. The second-order valence-electron chi connectivity index (χ2n) is 7.86. The number of amides is 4. The number of urea groups is 1. The van der Waals surface area contributed by atoms with Crippen molar-refractivity contribution in [2.24, 2.45) is 5.92 Å². The predicted octanol–water partition coefficient (Wildman–Crippen LogP) is 1.35. The summed E-state index contributed by atoms with van der Waals surface area (Å²) in [5, 5.41) is 5.62. The molecule has 0 bridgehead atoms. The Morgan fingerprint density at radius 2 is 1.85 bits per heavy atom. The minimum absolute atomic E-state index is 0.241. The zero-order valence-corrected chi connectivity index (χ0v) is 16.0. The van der Waals surface area contributed by atoms with E-state index in [-0.39, 0.29) is 18.4 Å². The number of likely N-dealkylation sites (tertiary alicyclic amines) is 1. The molecule has 146 valence electrons. The first-order chi connectivity index (χ1) is 12.9. The predicted molar refractivity (Wildman–Crippen MR) is 102 cm³/mol. The molecule has 7 nitrogen and oxygen atoms in total. The number of rotatable bonds is 6. The molecular weight excluding hydrogens is 344 g/mol. The highest BCUT2D eigenvalue weighted by molar-refractivity contribution is 6.09. The Bertz CT molecular complexity index is 696. The van der Waals surface area contributed by atoms with Gasteiger partial charge in [0.1, 0.15) is 12.1 Å². The number of carbonyl (C=O) groups is 3. The first-order valence-electron chi connectivity index (χ1n) is 9.57. The lowest BCUT2D eigenvalue weighted by atomic mass is 9.87. The zero-order chi connectivity index (χ0) is 19.4. The van der Waals surface area contributed by atoms with Crippen LogP contribution in [-0.2, 0) is 16.1 Å². The maximum atomic E-state index is 12.9. The first kappa shape index (κ1) is 19.4. The van der Waals surface area contributed by atoms with Crippen molar-refractivity contribution >= 4 is 17.8 Å². The van der Waals surface area contributed by atoms with Crippen molar-refractivity contribution in [1.29, 1.82) is 0 Å². The highest BCUT2D eigenvalue weighted by atomic mass is 16.2. The van der Waals surface area contributed by atoms with Gasteiger partial charge in [-0.1, -0.05) is 44.2 Å². The zero-order valence-electron chi connectivity index (χ0n) is 16.0. The van der Waals surface area contributed by atoms with E-state index in [2.05, 4.69) is 29.4 Å². The number of nitrogens with one attached hydrogen (secondary N) is 2. The second-order valence-corrected chi connectivity index (χ2v) is 7.86. The van der Waals surface area contributed by atoms with E-state index in [0.29, 0.717) is 25.3 Å². The van der Waals surface area contributed by atoms with E-state index in [4.69, 9.17) is 0 Å². The van der Waals surface area contributed by atoms with Crippen LogP contribution in [0.5, 0.6) is 0 Å². The van der Waals surface area contributed by atoms with Gasteiger partial charge < -0.3 is 15.5 Å². The maximum Gasteiger partial charge on any atom is 0.325 e. The third kappa shape index (κ3) is 4.47. The van der Waals surface area contributed by atoms with Crippen LogP contribution in [0.3, 0.4) is 0 Å². The van der Waals surface area contributed by atoms with Crippen molar-refractivity contribution in [1.82, 2.24) is 20.4 Å². The number of nitrogens with zero attached hydrogens (tertiary/aromatic N) is 2. The highest BCUT2D eigenvalue weighted by Crippen LogP contribution is 2.29. The lowest BCUT2D eigenvalue weighted by Crippen LogP contribution is -2.55. The molecule has 0 radical (unpaired) electrons. The van der Waals surface area contributed by atoms with Gasteiger partial charge in [-0.25, -0.2) is 4.79 Å². The lowest BCUT2D eigenvalue weighted by molar-refractivity contribution is -0.136. The van der Waals surface area contributed by atoms with Gasteiger partial charge in [0.25, 0.3) is 5.91 Å². The Morgan fingerprint density at radius 3 is 2.48 bits per heavy atom. The van der Waals surface area contributed by atoms with Crippen LogP contribution in [0, 0.1) is 5.92 Å². The van der Waals surface area contributed by atoms with Crippen molar-refractivity contribution < 1.29 is 14.4 Å². The Morgan fingerprint density at radius 1 is 1.19 bits per heavy atom. The van der Waals surface area contributed by atoms with E-state index in [0.717, 1.165) is 30.1 Å². The molecule has 1 aromatic carbocycles. The SMILES string of the molecule is CC(C)CN1CCC2(CC1)NC(=O)N(CC(=O)NCc1ccccc1)C2=O. The first-order valence-corrected chi connectivity index (χ1v) is 9.57. The highest BCUT2D eigenvalue weighted by Gasteiger charge is 2.52. The minimum atomic E-state index is -0.843. The van der Waals surface area contributed by atoms with Crippen LogP contribution in [0.15, 0.2) is 30.3 Å². The summed E-state index contributed by atoms with van der Waals surface area (Å²) >= 11 is 0. The third-order valence-corrected chi connectivity index (χ3v) is 5.21. The van der Waals surface area contributed by atoms with Gasteiger partial charge in [0.2, 0.25) is 5.91 Å². The summed E-state index contributed by atoms with van der Waals surface area (Å²) in [7, 11) is 0. The largest absolute Gasteiger partial charge is 0.350 e. The number of piperidine rings is 1. The van der Waals surface area contributed by atoms with E-state index in [1.165, 1.54) is 0 Å². The molecule has 2 aliphatic rings. The number of carbonyl (C=O) groups excluding carboxylic acids is 3. The van der Waals surface area contributed by atoms with Gasteiger partial charge in [-0.15, -0.1) is 0 Å². The molecule has 2 fully saturated rings. The number of benzene rings is 1. The average molecular weight is 372 g/mol. The smallest absolute Gasteiger partial charge is 0.325 e. The normalized spacial score (nSPS) is 19.6. The molecule has 1 aromatic rings. The fourth-order valence-electron chi connectivity index (χ4n) is 3.79. The summed E-state index contributed by atoms with van der Waals surface area (Å²) in [6, 6.07) is 9.06. The van der Waals surface area contributed by atoms with Crippen LogP contribution in [0.1, 0.15) is 32.3 Å².